The van der Waals surface area contributed by atoms with Gasteiger partial charge in [-0.25, -0.2) is 4.98 Å². The number of aromatic nitrogens is 2. The van der Waals surface area contributed by atoms with E-state index in [9.17, 15) is 4.79 Å². The Kier molecular flexibility index (Phi) is 3.64. The Morgan fingerprint density at radius 3 is 2.93 bits per heavy atom. The van der Waals surface area contributed by atoms with Gasteiger partial charge >= 0.3 is 0 Å². The van der Waals surface area contributed by atoms with Crippen molar-refractivity contribution in [1.29, 1.82) is 0 Å². The van der Waals surface area contributed by atoms with Gasteiger partial charge in [0.1, 0.15) is 5.82 Å². The molecule has 1 amide bonds. The SMILES string of the molecule is CC(NC(=O)CN(C)C)c1ncc[nH]1. The predicted octanol–water partition coefficient (Wildman–Crippen LogP) is 0.148. The maximum atomic E-state index is 11.4. The number of carbonyl (C=O) groups is 1. The van der Waals surface area contributed by atoms with Crippen LogP contribution < -0.4 is 5.32 Å². The molecule has 0 bridgehead atoms. The first-order valence-electron chi connectivity index (χ1n) is 4.53. The molecular weight excluding hydrogens is 180 g/mol. The van der Waals surface area contributed by atoms with E-state index >= 15 is 0 Å². The lowest BCUT2D eigenvalue weighted by atomic mass is 10.3. The third kappa shape index (κ3) is 3.18. The lowest BCUT2D eigenvalue weighted by Crippen LogP contribution is -2.35. The molecule has 0 fully saturated rings. The van der Waals surface area contributed by atoms with Gasteiger partial charge in [0.2, 0.25) is 5.91 Å². The number of H-pyrrole nitrogens is 1. The quantitative estimate of drug-likeness (QED) is 0.720. The van der Waals surface area contributed by atoms with Crippen molar-refractivity contribution in [2.45, 2.75) is 13.0 Å². The predicted molar refractivity (Wildman–Crippen MR) is 53.7 cm³/mol. The van der Waals surface area contributed by atoms with E-state index in [1.807, 2.05) is 25.9 Å². The van der Waals surface area contributed by atoms with E-state index < -0.39 is 0 Å². The van der Waals surface area contributed by atoms with Crippen LogP contribution in [0.3, 0.4) is 0 Å². The molecule has 0 spiro atoms. The number of nitrogens with zero attached hydrogens (tertiary/aromatic N) is 2. The summed E-state index contributed by atoms with van der Waals surface area (Å²) in [6.07, 6.45) is 3.41. The van der Waals surface area contributed by atoms with Gasteiger partial charge in [0.15, 0.2) is 0 Å². The number of likely N-dealkylation sites (N-methyl/N-ethyl adjacent to an activating group) is 1. The van der Waals surface area contributed by atoms with E-state index in [0.29, 0.717) is 6.54 Å². The van der Waals surface area contributed by atoms with Crippen LogP contribution in [0.5, 0.6) is 0 Å². The standard InChI is InChI=1S/C9H16N4O/c1-7(9-10-4-5-11-9)12-8(14)6-13(2)3/h4-5,7H,6H2,1-3H3,(H,10,11)(H,12,14). The largest absolute Gasteiger partial charge is 0.347 e. The second kappa shape index (κ2) is 4.76. The zero-order valence-electron chi connectivity index (χ0n) is 8.74. The summed E-state index contributed by atoms with van der Waals surface area (Å²) in [4.78, 5) is 20.2. The third-order valence-electron chi connectivity index (χ3n) is 1.77. The molecule has 1 unspecified atom stereocenters. The molecule has 2 N–H and O–H groups in total. The summed E-state index contributed by atoms with van der Waals surface area (Å²) in [6, 6.07) is -0.0718. The zero-order chi connectivity index (χ0) is 10.6. The molecular formula is C9H16N4O. The number of amides is 1. The molecule has 0 saturated heterocycles. The molecule has 0 aromatic carbocycles. The fraction of sp³-hybridized carbons (Fsp3) is 0.556. The molecule has 5 nitrogen and oxygen atoms in total. The van der Waals surface area contributed by atoms with Crippen molar-refractivity contribution >= 4 is 5.91 Å². The van der Waals surface area contributed by atoms with Crippen LogP contribution in [0.25, 0.3) is 0 Å². The van der Waals surface area contributed by atoms with Gasteiger partial charge in [0.05, 0.1) is 12.6 Å². The number of carbonyl (C=O) groups excluding carboxylic acids is 1. The second-order valence-corrected chi connectivity index (χ2v) is 3.50. The summed E-state index contributed by atoms with van der Waals surface area (Å²) in [5.74, 6) is 0.774. The van der Waals surface area contributed by atoms with Crippen LogP contribution in [-0.4, -0.2) is 41.4 Å². The normalized spacial score (nSPS) is 12.9. The highest BCUT2D eigenvalue weighted by Gasteiger charge is 2.11. The molecule has 5 heteroatoms. The fourth-order valence-corrected chi connectivity index (χ4v) is 1.16. The van der Waals surface area contributed by atoms with E-state index in [-0.39, 0.29) is 11.9 Å². The molecule has 0 saturated carbocycles. The molecule has 14 heavy (non-hydrogen) atoms. The van der Waals surface area contributed by atoms with Crippen molar-refractivity contribution in [3.63, 3.8) is 0 Å². The highest BCUT2D eigenvalue weighted by atomic mass is 16.2. The van der Waals surface area contributed by atoms with Crippen LogP contribution >= 0.6 is 0 Å². The van der Waals surface area contributed by atoms with Crippen LogP contribution in [0, 0.1) is 0 Å². The van der Waals surface area contributed by atoms with E-state index in [4.69, 9.17) is 0 Å². The lowest BCUT2D eigenvalue weighted by Gasteiger charge is -2.14. The smallest absolute Gasteiger partial charge is 0.234 e. The summed E-state index contributed by atoms with van der Waals surface area (Å²) in [5.41, 5.74) is 0. The number of nitrogens with one attached hydrogen (secondary N) is 2. The molecule has 1 aromatic heterocycles. The van der Waals surface area contributed by atoms with Gasteiger partial charge in [0, 0.05) is 12.4 Å². The Bertz CT molecular complexity index is 281. The molecule has 0 aliphatic rings. The zero-order valence-corrected chi connectivity index (χ0v) is 8.74. The van der Waals surface area contributed by atoms with Crippen LogP contribution in [0.1, 0.15) is 18.8 Å². The number of hydrogen-bond donors (Lipinski definition) is 2. The monoisotopic (exact) mass is 196 g/mol. The fourth-order valence-electron chi connectivity index (χ4n) is 1.16. The van der Waals surface area contributed by atoms with Gasteiger partial charge < -0.3 is 15.2 Å². The molecule has 0 aliphatic carbocycles. The van der Waals surface area contributed by atoms with Gasteiger partial charge in [-0.3, -0.25) is 4.79 Å². The van der Waals surface area contributed by atoms with Crippen molar-refractivity contribution in [2.24, 2.45) is 0 Å². The minimum Gasteiger partial charge on any atom is -0.347 e. The highest BCUT2D eigenvalue weighted by molar-refractivity contribution is 5.78. The Morgan fingerprint density at radius 1 is 1.71 bits per heavy atom. The number of imidazole rings is 1. The van der Waals surface area contributed by atoms with Crippen LogP contribution in [0.4, 0.5) is 0 Å². The van der Waals surface area contributed by atoms with Gasteiger partial charge in [-0.2, -0.15) is 0 Å². The average Bonchev–Trinajstić information content (AvgIpc) is 2.53. The maximum Gasteiger partial charge on any atom is 0.234 e. The minimum atomic E-state index is -0.0718. The summed E-state index contributed by atoms with van der Waals surface area (Å²) in [6.45, 7) is 2.29. The van der Waals surface area contributed by atoms with Crippen LogP contribution in [-0.2, 0) is 4.79 Å². The van der Waals surface area contributed by atoms with Crippen LogP contribution in [0.2, 0.25) is 0 Å². The maximum absolute atomic E-state index is 11.4. The average molecular weight is 196 g/mol. The summed E-state index contributed by atoms with van der Waals surface area (Å²) in [7, 11) is 3.72. The van der Waals surface area contributed by atoms with E-state index in [1.54, 1.807) is 12.4 Å². The molecule has 1 aromatic rings. The van der Waals surface area contributed by atoms with E-state index in [0.717, 1.165) is 5.82 Å². The van der Waals surface area contributed by atoms with Crippen molar-refractivity contribution in [1.82, 2.24) is 20.2 Å². The first-order valence-corrected chi connectivity index (χ1v) is 4.53. The highest BCUT2D eigenvalue weighted by Crippen LogP contribution is 2.04. The number of rotatable bonds is 4. The van der Waals surface area contributed by atoms with Gasteiger partial charge in [-0.05, 0) is 21.0 Å². The van der Waals surface area contributed by atoms with Gasteiger partial charge in [0.25, 0.3) is 0 Å². The Labute approximate surface area is 83.5 Å². The van der Waals surface area contributed by atoms with E-state index in [1.165, 1.54) is 0 Å². The van der Waals surface area contributed by atoms with Crippen molar-refractivity contribution in [2.75, 3.05) is 20.6 Å². The third-order valence-corrected chi connectivity index (χ3v) is 1.77. The molecule has 1 heterocycles. The van der Waals surface area contributed by atoms with Crippen molar-refractivity contribution in [3.8, 4) is 0 Å². The Hall–Kier alpha value is -1.36. The van der Waals surface area contributed by atoms with E-state index in [2.05, 4.69) is 15.3 Å². The van der Waals surface area contributed by atoms with Crippen molar-refractivity contribution < 1.29 is 4.79 Å². The summed E-state index contributed by atoms with van der Waals surface area (Å²) >= 11 is 0. The Balaban J connectivity index is 2.41. The molecule has 78 valence electrons. The first kappa shape index (κ1) is 10.7. The number of aromatic amines is 1. The van der Waals surface area contributed by atoms with Crippen molar-refractivity contribution in [3.05, 3.63) is 18.2 Å². The summed E-state index contributed by atoms with van der Waals surface area (Å²) in [5, 5.41) is 2.84. The summed E-state index contributed by atoms with van der Waals surface area (Å²) < 4.78 is 0. The minimum absolute atomic E-state index is 0.00102. The van der Waals surface area contributed by atoms with Gasteiger partial charge in [-0.15, -0.1) is 0 Å². The molecule has 1 atom stereocenters. The lowest BCUT2D eigenvalue weighted by molar-refractivity contribution is -0.122. The number of hydrogen-bond acceptors (Lipinski definition) is 3. The Morgan fingerprint density at radius 2 is 2.43 bits per heavy atom. The first-order chi connectivity index (χ1) is 6.59. The molecule has 0 radical (unpaired) electrons. The van der Waals surface area contributed by atoms with Crippen LogP contribution in [0.15, 0.2) is 12.4 Å². The van der Waals surface area contributed by atoms with Gasteiger partial charge in [-0.1, -0.05) is 0 Å². The topological polar surface area (TPSA) is 61.0 Å². The molecule has 1 rings (SSSR count). The second-order valence-electron chi connectivity index (χ2n) is 3.50. The molecule has 0 aliphatic heterocycles.